The summed E-state index contributed by atoms with van der Waals surface area (Å²) in [5, 5.41) is 14.8. The summed E-state index contributed by atoms with van der Waals surface area (Å²) in [5.41, 5.74) is 1.09. The van der Waals surface area contributed by atoms with Gasteiger partial charge in [0.05, 0.1) is 17.2 Å². The highest BCUT2D eigenvalue weighted by Crippen LogP contribution is 2.28. The van der Waals surface area contributed by atoms with Crippen LogP contribution in [0.4, 0.5) is 0 Å². The molecule has 1 aromatic heterocycles. The van der Waals surface area contributed by atoms with Gasteiger partial charge in [-0.25, -0.2) is 0 Å². The van der Waals surface area contributed by atoms with E-state index in [-0.39, 0.29) is 11.3 Å². The maximum Gasteiger partial charge on any atom is 0.176 e. The Morgan fingerprint density at radius 2 is 2.29 bits per heavy atom. The topological polar surface area (TPSA) is 66.2 Å². The summed E-state index contributed by atoms with van der Waals surface area (Å²) in [4.78, 5) is 11.1. The molecule has 2 aromatic rings. The van der Waals surface area contributed by atoms with Crippen molar-refractivity contribution in [3.63, 3.8) is 0 Å². The molecule has 2 rings (SSSR count). The fraction of sp³-hybridized carbons (Fsp3) is 0.167. The molecule has 17 heavy (non-hydrogen) atoms. The minimum absolute atomic E-state index is 0.0330. The second-order valence-corrected chi connectivity index (χ2v) is 4.40. The van der Waals surface area contributed by atoms with Crippen molar-refractivity contribution in [2.24, 2.45) is 0 Å². The molecule has 0 aliphatic rings. The van der Waals surface area contributed by atoms with Gasteiger partial charge in [-0.2, -0.15) is 0 Å². The van der Waals surface area contributed by atoms with Crippen molar-refractivity contribution < 1.29 is 14.4 Å². The zero-order valence-corrected chi connectivity index (χ0v) is 10.7. The zero-order valence-electron chi connectivity index (χ0n) is 9.07. The number of hydrogen-bond acceptors (Lipinski definition) is 4. The Kier molecular flexibility index (Phi) is 3.28. The van der Waals surface area contributed by atoms with Gasteiger partial charge in [0.1, 0.15) is 0 Å². The average Bonchev–Trinajstić information content (AvgIpc) is 2.72. The molecule has 1 aromatic carbocycles. The highest BCUT2D eigenvalue weighted by atomic mass is 79.9. The fourth-order valence-corrected chi connectivity index (χ4v) is 2.00. The van der Waals surface area contributed by atoms with E-state index in [2.05, 4.69) is 21.1 Å². The average molecular weight is 295 g/mol. The predicted octanol–water partition coefficient (Wildman–Crippen LogP) is 2.03. The molecule has 0 radical (unpaired) electrons. The fourth-order valence-electron chi connectivity index (χ4n) is 1.60. The third-order valence-corrected chi connectivity index (χ3v) is 2.88. The molecule has 4 nitrogen and oxygen atoms in total. The number of aromatic nitrogens is 1. The molecular formula is C12H9BrNO3-. The lowest BCUT2D eigenvalue weighted by atomic mass is 10.1. The number of carbonyl (C=O) groups excluding carboxylic acids is 1. The maximum absolute atomic E-state index is 11.1. The number of aryl methyl sites for hydroxylation is 1. The van der Waals surface area contributed by atoms with Gasteiger partial charge in [-0.05, 0) is 18.6 Å². The third kappa shape index (κ3) is 2.24. The van der Waals surface area contributed by atoms with Gasteiger partial charge in [0.25, 0.3) is 0 Å². The molecule has 0 unspecified atom stereocenters. The summed E-state index contributed by atoms with van der Waals surface area (Å²) in [6.45, 7) is 1.81. The van der Waals surface area contributed by atoms with Crippen molar-refractivity contribution in [2.45, 2.75) is 13.3 Å². The minimum Gasteiger partial charge on any atom is -0.545 e. The molecule has 0 amide bonds. The maximum atomic E-state index is 11.1. The molecule has 0 spiro atoms. The van der Waals surface area contributed by atoms with E-state index < -0.39 is 5.97 Å². The van der Waals surface area contributed by atoms with Crippen molar-refractivity contribution in [3.05, 3.63) is 40.0 Å². The van der Waals surface area contributed by atoms with Crippen LogP contribution in [0.5, 0.6) is 0 Å². The Bertz CT molecular complexity index is 563. The molecule has 0 atom stereocenters. The number of aromatic carboxylic acids is 1. The van der Waals surface area contributed by atoms with Crippen LogP contribution in [-0.4, -0.2) is 11.1 Å². The first-order chi connectivity index (χ1) is 8.13. The van der Waals surface area contributed by atoms with Crippen LogP contribution in [0, 0.1) is 0 Å². The Balaban J connectivity index is 2.60. The van der Waals surface area contributed by atoms with E-state index in [1.165, 1.54) is 0 Å². The van der Waals surface area contributed by atoms with E-state index in [4.69, 9.17) is 4.52 Å². The largest absolute Gasteiger partial charge is 0.545 e. The highest BCUT2D eigenvalue weighted by molar-refractivity contribution is 9.10. The summed E-state index contributed by atoms with van der Waals surface area (Å²) >= 11 is 3.32. The minimum atomic E-state index is -1.27. The van der Waals surface area contributed by atoms with E-state index in [9.17, 15) is 9.90 Å². The number of hydrogen-bond donors (Lipinski definition) is 0. The first-order valence-electron chi connectivity index (χ1n) is 5.09. The quantitative estimate of drug-likeness (QED) is 0.869. The van der Waals surface area contributed by atoms with Gasteiger partial charge >= 0.3 is 0 Å². The summed E-state index contributed by atoms with van der Waals surface area (Å²) in [5.74, 6) is -1.03. The molecule has 0 bridgehead atoms. The van der Waals surface area contributed by atoms with Crippen molar-refractivity contribution in [1.29, 1.82) is 0 Å². The molecule has 5 heteroatoms. The van der Waals surface area contributed by atoms with Crippen molar-refractivity contribution in [2.75, 3.05) is 0 Å². The van der Waals surface area contributed by atoms with Gasteiger partial charge in [-0.15, -0.1) is 0 Å². The predicted molar refractivity (Wildman–Crippen MR) is 63.3 cm³/mol. The van der Waals surface area contributed by atoms with Crippen LogP contribution in [0.1, 0.15) is 23.0 Å². The first kappa shape index (κ1) is 11.9. The number of benzene rings is 1. The second-order valence-electron chi connectivity index (χ2n) is 3.48. The monoisotopic (exact) mass is 294 g/mol. The van der Waals surface area contributed by atoms with Crippen LogP contribution in [0.25, 0.3) is 11.3 Å². The molecule has 0 saturated carbocycles. The van der Waals surface area contributed by atoms with Crippen LogP contribution < -0.4 is 5.11 Å². The van der Waals surface area contributed by atoms with E-state index >= 15 is 0 Å². The van der Waals surface area contributed by atoms with Gasteiger partial charge in [-0.3, -0.25) is 0 Å². The molecule has 0 fully saturated rings. The van der Waals surface area contributed by atoms with Gasteiger partial charge < -0.3 is 14.4 Å². The van der Waals surface area contributed by atoms with E-state index in [0.29, 0.717) is 17.7 Å². The van der Waals surface area contributed by atoms with Crippen LogP contribution in [0.2, 0.25) is 0 Å². The van der Waals surface area contributed by atoms with Crippen molar-refractivity contribution in [1.82, 2.24) is 5.16 Å². The molecule has 0 N–H and O–H groups in total. The summed E-state index contributed by atoms with van der Waals surface area (Å²) in [6.07, 6.45) is 0.487. The van der Waals surface area contributed by atoms with Crippen LogP contribution >= 0.6 is 15.9 Å². The SMILES string of the molecule is CCc1noc(-c2cccc(Br)c2)c1C(=O)[O-]. The second kappa shape index (κ2) is 4.71. The summed E-state index contributed by atoms with van der Waals surface area (Å²) in [7, 11) is 0. The highest BCUT2D eigenvalue weighted by Gasteiger charge is 2.17. The summed E-state index contributed by atoms with van der Waals surface area (Å²) < 4.78 is 5.94. The molecular weight excluding hydrogens is 286 g/mol. The lowest BCUT2D eigenvalue weighted by molar-refractivity contribution is -0.255. The lowest BCUT2D eigenvalue weighted by Gasteiger charge is -2.04. The standard InChI is InChI=1S/C12H10BrNO3/c1-2-9-10(12(15)16)11(17-14-9)7-4-3-5-8(13)6-7/h3-6H,2H2,1H3,(H,15,16)/p-1. The van der Waals surface area contributed by atoms with E-state index in [0.717, 1.165) is 4.47 Å². The molecule has 0 saturated heterocycles. The normalized spacial score (nSPS) is 10.5. The third-order valence-electron chi connectivity index (χ3n) is 2.39. The van der Waals surface area contributed by atoms with E-state index in [1.807, 2.05) is 13.0 Å². The Labute approximate surface area is 106 Å². The van der Waals surface area contributed by atoms with Crippen LogP contribution in [0.3, 0.4) is 0 Å². The Hall–Kier alpha value is -1.62. The van der Waals surface area contributed by atoms with Crippen molar-refractivity contribution in [3.8, 4) is 11.3 Å². The number of carboxylic acid groups (broad SMARTS) is 1. The van der Waals surface area contributed by atoms with E-state index in [1.54, 1.807) is 18.2 Å². The lowest BCUT2D eigenvalue weighted by Crippen LogP contribution is -2.23. The molecule has 88 valence electrons. The van der Waals surface area contributed by atoms with Crippen LogP contribution in [0.15, 0.2) is 33.3 Å². The van der Waals surface area contributed by atoms with Gasteiger partial charge in [0.15, 0.2) is 5.76 Å². The molecule has 0 aliphatic carbocycles. The Morgan fingerprint density at radius 3 is 2.88 bits per heavy atom. The number of carboxylic acids is 1. The van der Waals surface area contributed by atoms with Gasteiger partial charge in [0.2, 0.25) is 0 Å². The number of carbonyl (C=O) groups is 1. The van der Waals surface area contributed by atoms with Crippen LogP contribution in [-0.2, 0) is 6.42 Å². The number of halogens is 1. The zero-order chi connectivity index (χ0) is 12.4. The first-order valence-corrected chi connectivity index (χ1v) is 5.88. The number of nitrogens with zero attached hydrogens (tertiary/aromatic N) is 1. The molecule has 0 aliphatic heterocycles. The van der Waals surface area contributed by atoms with Gasteiger partial charge in [0, 0.05) is 10.0 Å². The molecule has 1 heterocycles. The summed E-state index contributed by atoms with van der Waals surface area (Å²) in [6, 6.07) is 7.18. The van der Waals surface area contributed by atoms with Gasteiger partial charge in [-0.1, -0.05) is 40.1 Å². The Morgan fingerprint density at radius 1 is 1.53 bits per heavy atom. The van der Waals surface area contributed by atoms with Crippen molar-refractivity contribution >= 4 is 21.9 Å². The number of rotatable bonds is 3. The smallest absolute Gasteiger partial charge is 0.176 e.